The second-order valence-corrected chi connectivity index (χ2v) is 6.54. The van der Waals surface area contributed by atoms with Crippen molar-refractivity contribution >= 4 is 23.2 Å². The summed E-state index contributed by atoms with van der Waals surface area (Å²) in [6.07, 6.45) is 0. The van der Waals surface area contributed by atoms with Crippen LogP contribution in [0.2, 0.25) is 5.02 Å². The average Bonchev–Trinajstić information content (AvgIpc) is 2.66. The molecular formula is C20H25ClN2O4. The van der Waals surface area contributed by atoms with Gasteiger partial charge in [0.15, 0.2) is 11.5 Å². The molecule has 1 amide bonds. The molecule has 1 unspecified atom stereocenters. The summed E-state index contributed by atoms with van der Waals surface area (Å²) in [5.41, 5.74) is 1.61. The van der Waals surface area contributed by atoms with Crippen molar-refractivity contribution in [2.45, 2.75) is 13.0 Å². The number of methoxy groups -OCH3 is 3. The van der Waals surface area contributed by atoms with Crippen LogP contribution in [-0.4, -0.2) is 45.7 Å². The highest BCUT2D eigenvalue weighted by molar-refractivity contribution is 6.30. The summed E-state index contributed by atoms with van der Waals surface area (Å²) in [5.74, 6) is 1.28. The van der Waals surface area contributed by atoms with Gasteiger partial charge in [0.05, 0.1) is 27.9 Å². The second-order valence-electron chi connectivity index (χ2n) is 6.11. The molecular weight excluding hydrogens is 368 g/mol. The van der Waals surface area contributed by atoms with E-state index in [4.69, 9.17) is 25.8 Å². The smallest absolute Gasteiger partial charge is 0.238 e. The molecule has 1 N–H and O–H groups in total. The van der Waals surface area contributed by atoms with Crippen LogP contribution in [0.1, 0.15) is 18.5 Å². The maximum atomic E-state index is 12.5. The molecule has 0 bridgehead atoms. The van der Waals surface area contributed by atoms with Crippen molar-refractivity contribution in [3.63, 3.8) is 0 Å². The number of rotatable bonds is 8. The first kappa shape index (κ1) is 20.9. The van der Waals surface area contributed by atoms with E-state index in [9.17, 15) is 4.79 Å². The first-order chi connectivity index (χ1) is 12.9. The van der Waals surface area contributed by atoms with Gasteiger partial charge in [-0.3, -0.25) is 9.69 Å². The zero-order valence-electron chi connectivity index (χ0n) is 16.2. The van der Waals surface area contributed by atoms with Gasteiger partial charge in [-0.25, -0.2) is 0 Å². The Bertz CT molecular complexity index is 772. The van der Waals surface area contributed by atoms with Gasteiger partial charge in [-0.2, -0.15) is 0 Å². The van der Waals surface area contributed by atoms with Crippen molar-refractivity contribution in [2.75, 3.05) is 40.2 Å². The Balaban J connectivity index is 2.08. The molecule has 2 rings (SSSR count). The van der Waals surface area contributed by atoms with E-state index in [1.54, 1.807) is 12.1 Å². The first-order valence-corrected chi connectivity index (χ1v) is 8.83. The molecule has 0 heterocycles. The third-order valence-electron chi connectivity index (χ3n) is 4.33. The topological polar surface area (TPSA) is 60.0 Å². The number of likely N-dealkylation sites (N-methyl/N-ethyl adjacent to an activating group) is 1. The summed E-state index contributed by atoms with van der Waals surface area (Å²) >= 11 is 6.06. The maximum Gasteiger partial charge on any atom is 0.238 e. The van der Waals surface area contributed by atoms with Crippen LogP contribution in [-0.2, 0) is 4.79 Å². The molecule has 0 aliphatic heterocycles. The molecule has 0 radical (unpaired) electrons. The number of nitrogens with zero attached hydrogens (tertiary/aromatic N) is 1. The Hall–Kier alpha value is -2.44. The molecule has 0 fully saturated rings. The van der Waals surface area contributed by atoms with Gasteiger partial charge in [0.2, 0.25) is 11.7 Å². The lowest BCUT2D eigenvalue weighted by Gasteiger charge is -2.24. The fourth-order valence-electron chi connectivity index (χ4n) is 2.74. The largest absolute Gasteiger partial charge is 0.493 e. The lowest BCUT2D eigenvalue weighted by Crippen LogP contribution is -2.32. The Kier molecular flexibility index (Phi) is 7.33. The van der Waals surface area contributed by atoms with E-state index in [0.29, 0.717) is 28.0 Å². The van der Waals surface area contributed by atoms with Gasteiger partial charge in [0, 0.05) is 28.9 Å². The standard InChI is InChI=1S/C20H25ClN2O4/c1-13(14-7-6-8-15(21)9-14)23(2)12-19(24)22-16-10-17(25-3)20(27-5)18(11-16)26-4/h6-11,13H,12H2,1-5H3,(H,22,24). The summed E-state index contributed by atoms with van der Waals surface area (Å²) in [5, 5.41) is 3.54. The number of amides is 1. The normalized spacial score (nSPS) is 11.8. The van der Waals surface area contributed by atoms with Crippen LogP contribution in [0.25, 0.3) is 0 Å². The quantitative estimate of drug-likeness (QED) is 0.735. The van der Waals surface area contributed by atoms with Crippen LogP contribution in [0, 0.1) is 0 Å². The van der Waals surface area contributed by atoms with Crippen LogP contribution in [0.3, 0.4) is 0 Å². The summed E-state index contributed by atoms with van der Waals surface area (Å²) in [6.45, 7) is 2.24. The van der Waals surface area contributed by atoms with Gasteiger partial charge in [0.1, 0.15) is 0 Å². The van der Waals surface area contributed by atoms with E-state index in [2.05, 4.69) is 5.32 Å². The van der Waals surface area contributed by atoms with E-state index in [1.165, 1.54) is 21.3 Å². The highest BCUT2D eigenvalue weighted by atomic mass is 35.5. The number of benzene rings is 2. The van der Waals surface area contributed by atoms with Crippen LogP contribution in [0.4, 0.5) is 5.69 Å². The van der Waals surface area contributed by atoms with Crippen LogP contribution in [0.5, 0.6) is 17.2 Å². The number of hydrogen-bond donors (Lipinski definition) is 1. The van der Waals surface area contributed by atoms with Gasteiger partial charge in [-0.1, -0.05) is 23.7 Å². The molecule has 0 saturated carbocycles. The third-order valence-corrected chi connectivity index (χ3v) is 4.57. The summed E-state index contributed by atoms with van der Waals surface area (Å²) in [4.78, 5) is 14.4. The number of carbonyl (C=O) groups excluding carboxylic acids is 1. The molecule has 1 atom stereocenters. The summed E-state index contributed by atoms with van der Waals surface area (Å²) < 4.78 is 15.9. The minimum Gasteiger partial charge on any atom is -0.493 e. The third kappa shape index (κ3) is 5.28. The Morgan fingerprint density at radius 2 is 1.74 bits per heavy atom. The van der Waals surface area contributed by atoms with Gasteiger partial charge in [0.25, 0.3) is 0 Å². The molecule has 0 saturated heterocycles. The molecule has 146 valence electrons. The Morgan fingerprint density at radius 3 is 2.26 bits per heavy atom. The van der Waals surface area contributed by atoms with E-state index in [0.717, 1.165) is 5.56 Å². The average molecular weight is 393 g/mol. The summed E-state index contributed by atoms with van der Waals surface area (Å²) in [7, 11) is 6.48. The number of nitrogens with one attached hydrogen (secondary N) is 1. The van der Waals surface area contributed by atoms with E-state index in [-0.39, 0.29) is 18.5 Å². The van der Waals surface area contributed by atoms with E-state index >= 15 is 0 Å². The molecule has 27 heavy (non-hydrogen) atoms. The van der Waals surface area contributed by atoms with E-state index < -0.39 is 0 Å². The van der Waals surface area contributed by atoms with Gasteiger partial charge >= 0.3 is 0 Å². The Labute approximate surface area is 165 Å². The van der Waals surface area contributed by atoms with Crippen molar-refractivity contribution < 1.29 is 19.0 Å². The molecule has 7 heteroatoms. The highest BCUT2D eigenvalue weighted by Gasteiger charge is 2.17. The lowest BCUT2D eigenvalue weighted by atomic mass is 10.1. The predicted octanol–water partition coefficient (Wildman–Crippen LogP) is 4.00. The number of anilines is 1. The highest BCUT2D eigenvalue weighted by Crippen LogP contribution is 2.39. The first-order valence-electron chi connectivity index (χ1n) is 8.45. The zero-order chi connectivity index (χ0) is 20.0. The zero-order valence-corrected chi connectivity index (χ0v) is 17.0. The molecule has 0 aromatic heterocycles. The minimum atomic E-state index is -0.152. The fraction of sp³-hybridized carbons (Fsp3) is 0.350. The van der Waals surface area contributed by atoms with Crippen molar-refractivity contribution in [3.8, 4) is 17.2 Å². The minimum absolute atomic E-state index is 0.0365. The molecule has 0 spiro atoms. The molecule has 6 nitrogen and oxygen atoms in total. The molecule has 2 aromatic rings. The SMILES string of the molecule is COc1cc(NC(=O)CN(C)C(C)c2cccc(Cl)c2)cc(OC)c1OC. The molecule has 0 aliphatic rings. The number of carbonyl (C=O) groups is 1. The molecule has 2 aromatic carbocycles. The van der Waals surface area contributed by atoms with Crippen molar-refractivity contribution in [3.05, 3.63) is 47.0 Å². The van der Waals surface area contributed by atoms with Crippen molar-refractivity contribution in [1.82, 2.24) is 4.90 Å². The second kappa shape index (κ2) is 9.48. The van der Waals surface area contributed by atoms with Crippen LogP contribution in [0.15, 0.2) is 36.4 Å². The van der Waals surface area contributed by atoms with Gasteiger partial charge in [-0.05, 0) is 31.7 Å². The monoisotopic (exact) mass is 392 g/mol. The fourth-order valence-corrected chi connectivity index (χ4v) is 2.94. The summed E-state index contributed by atoms with van der Waals surface area (Å²) in [6, 6.07) is 11.0. The van der Waals surface area contributed by atoms with Gasteiger partial charge in [-0.15, -0.1) is 0 Å². The number of halogens is 1. The predicted molar refractivity (Wildman–Crippen MR) is 107 cm³/mol. The van der Waals surface area contributed by atoms with Crippen molar-refractivity contribution in [2.24, 2.45) is 0 Å². The van der Waals surface area contributed by atoms with E-state index in [1.807, 2.05) is 43.1 Å². The number of ether oxygens (including phenoxy) is 3. The van der Waals surface area contributed by atoms with Crippen LogP contribution < -0.4 is 19.5 Å². The van der Waals surface area contributed by atoms with Gasteiger partial charge < -0.3 is 19.5 Å². The lowest BCUT2D eigenvalue weighted by molar-refractivity contribution is -0.117. The van der Waals surface area contributed by atoms with Crippen LogP contribution >= 0.6 is 11.6 Å². The maximum absolute atomic E-state index is 12.5. The number of hydrogen-bond acceptors (Lipinski definition) is 5. The van der Waals surface area contributed by atoms with Crippen molar-refractivity contribution in [1.29, 1.82) is 0 Å². The molecule has 0 aliphatic carbocycles. The Morgan fingerprint density at radius 1 is 1.11 bits per heavy atom.